The molecule has 2 nitrogen and oxygen atoms in total. The summed E-state index contributed by atoms with van der Waals surface area (Å²) >= 11 is 5.84. The van der Waals surface area contributed by atoms with E-state index in [4.69, 9.17) is 11.6 Å². The van der Waals surface area contributed by atoms with Gasteiger partial charge in [0.2, 0.25) is 0 Å². The molecule has 1 aliphatic heterocycles. The zero-order chi connectivity index (χ0) is 8.55. The van der Waals surface area contributed by atoms with E-state index in [0.717, 1.165) is 12.2 Å². The van der Waals surface area contributed by atoms with Crippen molar-refractivity contribution < 1.29 is 0 Å². The van der Waals surface area contributed by atoms with Crippen LogP contribution >= 0.6 is 11.6 Å². The summed E-state index contributed by atoms with van der Waals surface area (Å²) < 4.78 is 0. The van der Waals surface area contributed by atoms with Gasteiger partial charge in [0.15, 0.2) is 0 Å². The van der Waals surface area contributed by atoms with Crippen LogP contribution in [-0.2, 0) is 0 Å². The van der Waals surface area contributed by atoms with Crippen LogP contribution < -0.4 is 5.32 Å². The highest BCUT2D eigenvalue weighted by molar-refractivity contribution is 6.29. The minimum Gasteiger partial charge on any atom is -0.310 e. The van der Waals surface area contributed by atoms with Crippen LogP contribution in [0, 0.1) is 6.92 Å². The Labute approximate surface area is 77.0 Å². The van der Waals surface area contributed by atoms with Crippen molar-refractivity contribution in [3.63, 3.8) is 0 Å². The maximum atomic E-state index is 5.84. The lowest BCUT2D eigenvalue weighted by Crippen LogP contribution is -2.34. The fourth-order valence-electron chi connectivity index (χ4n) is 1.43. The lowest BCUT2D eigenvalue weighted by Gasteiger charge is -2.28. The molecule has 3 heteroatoms. The summed E-state index contributed by atoms with van der Waals surface area (Å²) in [5, 5.41) is 3.93. The van der Waals surface area contributed by atoms with E-state index in [1.165, 1.54) is 12.0 Å². The highest BCUT2D eigenvalue weighted by atomic mass is 35.5. The van der Waals surface area contributed by atoms with E-state index in [-0.39, 0.29) is 0 Å². The maximum Gasteiger partial charge on any atom is 0.129 e. The molecular weight excluding hydrogens is 172 g/mol. The maximum absolute atomic E-state index is 5.84. The number of hydrogen-bond donors (Lipinski definition) is 1. The molecule has 12 heavy (non-hydrogen) atoms. The molecule has 1 aromatic heterocycles. The van der Waals surface area contributed by atoms with Gasteiger partial charge in [-0.25, -0.2) is 4.98 Å². The van der Waals surface area contributed by atoms with Gasteiger partial charge in [0.05, 0.1) is 0 Å². The monoisotopic (exact) mass is 182 g/mol. The first-order valence-electron chi connectivity index (χ1n) is 4.13. The van der Waals surface area contributed by atoms with E-state index in [9.17, 15) is 0 Å². The molecule has 0 spiro atoms. The molecule has 1 saturated heterocycles. The lowest BCUT2D eigenvalue weighted by atomic mass is 9.98. The Balaban J connectivity index is 2.30. The van der Waals surface area contributed by atoms with Gasteiger partial charge < -0.3 is 5.32 Å². The van der Waals surface area contributed by atoms with Gasteiger partial charge in [0.1, 0.15) is 5.15 Å². The van der Waals surface area contributed by atoms with Gasteiger partial charge in [-0.3, -0.25) is 0 Å². The molecule has 1 N–H and O–H groups in total. The van der Waals surface area contributed by atoms with E-state index >= 15 is 0 Å². The average Bonchev–Trinajstić information content (AvgIpc) is 1.79. The standard InChI is InChI=1S/C9H11ClN2/c1-6-4-7(5-9(10)12-6)8-2-3-11-8/h4-5,8,11H,2-3H2,1H3/t8-/m1/s1. The molecule has 1 aromatic rings. The fraction of sp³-hybridized carbons (Fsp3) is 0.444. The van der Waals surface area contributed by atoms with E-state index in [1.54, 1.807) is 0 Å². The Kier molecular flexibility index (Phi) is 2.03. The normalized spacial score (nSPS) is 22.0. The lowest BCUT2D eigenvalue weighted by molar-refractivity contribution is 0.383. The van der Waals surface area contributed by atoms with Gasteiger partial charge >= 0.3 is 0 Å². The van der Waals surface area contributed by atoms with Crippen LogP contribution in [0.5, 0.6) is 0 Å². The molecule has 0 saturated carbocycles. The summed E-state index contributed by atoms with van der Waals surface area (Å²) in [6.07, 6.45) is 1.21. The number of halogens is 1. The highest BCUT2D eigenvalue weighted by Gasteiger charge is 2.18. The summed E-state index contributed by atoms with van der Waals surface area (Å²) in [6.45, 7) is 3.08. The summed E-state index contributed by atoms with van der Waals surface area (Å²) in [5.74, 6) is 0. The summed E-state index contributed by atoms with van der Waals surface area (Å²) in [7, 11) is 0. The van der Waals surface area contributed by atoms with Crippen LogP contribution in [0.1, 0.15) is 23.7 Å². The second-order valence-electron chi connectivity index (χ2n) is 3.16. The minimum absolute atomic E-state index is 0.504. The first-order valence-corrected chi connectivity index (χ1v) is 4.51. The van der Waals surface area contributed by atoms with Crippen LogP contribution in [0.25, 0.3) is 0 Å². The molecule has 0 aromatic carbocycles. The average molecular weight is 183 g/mol. The zero-order valence-corrected chi connectivity index (χ0v) is 7.73. The molecule has 0 bridgehead atoms. The van der Waals surface area contributed by atoms with Gasteiger partial charge in [-0.2, -0.15) is 0 Å². The van der Waals surface area contributed by atoms with Crippen molar-refractivity contribution in [2.45, 2.75) is 19.4 Å². The van der Waals surface area contributed by atoms with Crippen LogP contribution in [0.15, 0.2) is 12.1 Å². The summed E-state index contributed by atoms with van der Waals surface area (Å²) in [6, 6.07) is 4.53. The zero-order valence-electron chi connectivity index (χ0n) is 6.97. The molecule has 0 amide bonds. The third-order valence-electron chi connectivity index (χ3n) is 2.17. The Morgan fingerprint density at radius 2 is 2.33 bits per heavy atom. The molecule has 2 heterocycles. The number of aryl methyl sites for hydroxylation is 1. The van der Waals surface area contributed by atoms with Gasteiger partial charge in [-0.1, -0.05) is 11.6 Å². The van der Waals surface area contributed by atoms with Crippen LogP contribution in [0.2, 0.25) is 5.15 Å². The quantitative estimate of drug-likeness (QED) is 0.673. The third-order valence-corrected chi connectivity index (χ3v) is 2.36. The first-order chi connectivity index (χ1) is 5.75. The second kappa shape index (κ2) is 3.04. The molecule has 1 fully saturated rings. The van der Waals surface area contributed by atoms with E-state index in [0.29, 0.717) is 11.2 Å². The van der Waals surface area contributed by atoms with E-state index < -0.39 is 0 Å². The molecule has 0 radical (unpaired) electrons. The third kappa shape index (κ3) is 1.45. The number of rotatable bonds is 1. The highest BCUT2D eigenvalue weighted by Crippen LogP contribution is 2.24. The van der Waals surface area contributed by atoms with Crippen molar-refractivity contribution in [3.8, 4) is 0 Å². The van der Waals surface area contributed by atoms with Gasteiger partial charge in [0, 0.05) is 11.7 Å². The molecule has 1 atom stereocenters. The summed E-state index contributed by atoms with van der Waals surface area (Å²) in [5.41, 5.74) is 2.25. The van der Waals surface area contributed by atoms with Crippen molar-refractivity contribution in [1.82, 2.24) is 10.3 Å². The predicted molar refractivity (Wildman–Crippen MR) is 49.3 cm³/mol. The van der Waals surface area contributed by atoms with Crippen LogP contribution in [-0.4, -0.2) is 11.5 Å². The molecule has 0 unspecified atom stereocenters. The largest absolute Gasteiger partial charge is 0.310 e. The van der Waals surface area contributed by atoms with Gasteiger partial charge in [0.25, 0.3) is 0 Å². The van der Waals surface area contributed by atoms with Crippen molar-refractivity contribution in [1.29, 1.82) is 0 Å². The first kappa shape index (κ1) is 8.02. The smallest absolute Gasteiger partial charge is 0.129 e. The molecule has 2 rings (SSSR count). The van der Waals surface area contributed by atoms with Crippen molar-refractivity contribution in [2.75, 3.05) is 6.54 Å². The molecule has 1 aliphatic rings. The Morgan fingerprint density at radius 1 is 1.58 bits per heavy atom. The van der Waals surface area contributed by atoms with Crippen molar-refractivity contribution >= 4 is 11.6 Å². The fourth-order valence-corrected chi connectivity index (χ4v) is 1.69. The van der Waals surface area contributed by atoms with Crippen molar-refractivity contribution in [2.24, 2.45) is 0 Å². The molecule has 64 valence electrons. The van der Waals surface area contributed by atoms with Crippen LogP contribution in [0.3, 0.4) is 0 Å². The van der Waals surface area contributed by atoms with Gasteiger partial charge in [-0.05, 0) is 37.6 Å². The van der Waals surface area contributed by atoms with Crippen molar-refractivity contribution in [3.05, 3.63) is 28.5 Å². The second-order valence-corrected chi connectivity index (χ2v) is 3.55. The number of nitrogens with one attached hydrogen (secondary N) is 1. The topological polar surface area (TPSA) is 24.9 Å². The van der Waals surface area contributed by atoms with Gasteiger partial charge in [-0.15, -0.1) is 0 Å². The Bertz CT molecular complexity index is 274. The Hall–Kier alpha value is -0.600. The molecular formula is C9H11ClN2. The number of pyridine rings is 1. The number of nitrogens with zero attached hydrogens (tertiary/aromatic N) is 1. The van der Waals surface area contributed by atoms with E-state index in [2.05, 4.69) is 16.4 Å². The van der Waals surface area contributed by atoms with Crippen LogP contribution in [0.4, 0.5) is 0 Å². The summed E-state index contributed by atoms with van der Waals surface area (Å²) in [4.78, 5) is 4.11. The molecule has 0 aliphatic carbocycles. The predicted octanol–water partition coefficient (Wildman–Crippen LogP) is 2.08. The number of hydrogen-bond acceptors (Lipinski definition) is 2. The van der Waals surface area contributed by atoms with E-state index in [1.807, 2.05) is 13.0 Å². The Morgan fingerprint density at radius 3 is 2.83 bits per heavy atom. The number of aromatic nitrogens is 1. The SMILES string of the molecule is Cc1cc([C@H]2CCN2)cc(Cl)n1. The minimum atomic E-state index is 0.504.